The van der Waals surface area contributed by atoms with E-state index in [0.29, 0.717) is 11.6 Å². The van der Waals surface area contributed by atoms with Crippen LogP contribution in [-0.4, -0.2) is 29.0 Å². The first kappa shape index (κ1) is 17.9. The lowest BCUT2D eigenvalue weighted by molar-refractivity contribution is 0.102. The molecule has 0 spiro atoms. The van der Waals surface area contributed by atoms with Crippen LogP contribution in [0.4, 0.5) is 11.6 Å². The first-order valence-corrected chi connectivity index (χ1v) is 8.35. The predicted molar refractivity (Wildman–Crippen MR) is 98.9 cm³/mol. The van der Waals surface area contributed by atoms with Gasteiger partial charge in [0, 0.05) is 24.5 Å². The third kappa shape index (κ3) is 3.91. The van der Waals surface area contributed by atoms with Gasteiger partial charge in [-0.1, -0.05) is 17.7 Å². The van der Waals surface area contributed by atoms with Crippen molar-refractivity contribution < 1.29 is 4.79 Å². The molecule has 0 bridgehead atoms. The Labute approximate surface area is 144 Å². The van der Waals surface area contributed by atoms with Crippen LogP contribution in [0.1, 0.15) is 46.7 Å². The predicted octanol–water partition coefficient (Wildman–Crippen LogP) is 3.81. The molecule has 0 unspecified atom stereocenters. The van der Waals surface area contributed by atoms with Crippen LogP contribution >= 0.6 is 0 Å². The highest BCUT2D eigenvalue weighted by Gasteiger charge is 2.15. The number of aromatic nitrogens is 2. The third-order valence-corrected chi connectivity index (χ3v) is 4.04. The van der Waals surface area contributed by atoms with Crippen LogP contribution in [0, 0.1) is 27.7 Å². The Morgan fingerprint density at radius 3 is 2.12 bits per heavy atom. The molecule has 5 heteroatoms. The summed E-state index contributed by atoms with van der Waals surface area (Å²) in [6.45, 7) is 13.6. The van der Waals surface area contributed by atoms with Gasteiger partial charge in [0.1, 0.15) is 5.69 Å². The van der Waals surface area contributed by atoms with Gasteiger partial charge >= 0.3 is 0 Å². The Morgan fingerprint density at radius 1 is 1.00 bits per heavy atom. The van der Waals surface area contributed by atoms with E-state index in [0.717, 1.165) is 35.6 Å². The van der Waals surface area contributed by atoms with E-state index in [2.05, 4.69) is 34.3 Å². The Hall–Kier alpha value is -2.43. The average Bonchev–Trinajstić information content (AvgIpc) is 2.51. The van der Waals surface area contributed by atoms with Gasteiger partial charge in [0.2, 0.25) is 5.95 Å². The van der Waals surface area contributed by atoms with Crippen molar-refractivity contribution in [1.82, 2.24) is 9.97 Å². The number of hydrogen-bond acceptors (Lipinski definition) is 4. The number of nitrogens with zero attached hydrogens (tertiary/aromatic N) is 3. The Bertz CT molecular complexity index is 728. The van der Waals surface area contributed by atoms with E-state index < -0.39 is 0 Å². The van der Waals surface area contributed by atoms with Crippen LogP contribution in [0.5, 0.6) is 0 Å². The molecular weight excluding hydrogens is 300 g/mol. The fourth-order valence-electron chi connectivity index (χ4n) is 2.87. The molecule has 1 aromatic carbocycles. The molecule has 2 aromatic rings. The molecule has 5 nitrogen and oxygen atoms in total. The highest BCUT2D eigenvalue weighted by Crippen LogP contribution is 2.22. The van der Waals surface area contributed by atoms with Gasteiger partial charge in [-0.3, -0.25) is 4.79 Å². The minimum Gasteiger partial charge on any atom is -0.341 e. The molecule has 1 amide bonds. The summed E-state index contributed by atoms with van der Waals surface area (Å²) in [6, 6.07) is 5.85. The maximum absolute atomic E-state index is 12.7. The molecule has 1 heterocycles. The second kappa shape index (κ2) is 7.43. The number of anilines is 2. The van der Waals surface area contributed by atoms with Gasteiger partial charge in [-0.25, -0.2) is 9.97 Å². The van der Waals surface area contributed by atoms with Crippen LogP contribution in [0.3, 0.4) is 0 Å². The Kier molecular flexibility index (Phi) is 5.54. The zero-order valence-corrected chi connectivity index (χ0v) is 15.4. The molecule has 0 saturated heterocycles. The summed E-state index contributed by atoms with van der Waals surface area (Å²) in [5.41, 5.74) is 5.32. The van der Waals surface area contributed by atoms with Crippen LogP contribution in [-0.2, 0) is 0 Å². The Balaban J connectivity index is 2.34. The zero-order valence-electron chi connectivity index (χ0n) is 15.4. The van der Waals surface area contributed by atoms with Crippen LogP contribution in [0.15, 0.2) is 18.2 Å². The topological polar surface area (TPSA) is 58.1 Å². The van der Waals surface area contributed by atoms with Crippen molar-refractivity contribution in [3.63, 3.8) is 0 Å². The summed E-state index contributed by atoms with van der Waals surface area (Å²) in [5.74, 6) is 0.395. The normalized spacial score (nSPS) is 10.6. The van der Waals surface area contributed by atoms with Crippen molar-refractivity contribution in [2.24, 2.45) is 0 Å². The number of hydrogen-bond donors (Lipinski definition) is 1. The van der Waals surface area contributed by atoms with Crippen LogP contribution < -0.4 is 10.2 Å². The van der Waals surface area contributed by atoms with Crippen molar-refractivity contribution in [3.8, 4) is 0 Å². The summed E-state index contributed by atoms with van der Waals surface area (Å²) in [6.07, 6.45) is 0. The fraction of sp³-hybridized carbons (Fsp3) is 0.421. The molecule has 128 valence electrons. The van der Waals surface area contributed by atoms with E-state index in [4.69, 9.17) is 0 Å². The summed E-state index contributed by atoms with van der Waals surface area (Å²) in [7, 11) is 0. The van der Waals surface area contributed by atoms with E-state index in [1.807, 2.05) is 39.5 Å². The molecule has 0 atom stereocenters. The van der Waals surface area contributed by atoms with E-state index >= 15 is 0 Å². The molecule has 24 heavy (non-hydrogen) atoms. The van der Waals surface area contributed by atoms with E-state index in [-0.39, 0.29) is 5.91 Å². The van der Waals surface area contributed by atoms with E-state index in [1.54, 1.807) is 6.07 Å². The molecule has 1 aromatic heterocycles. The summed E-state index contributed by atoms with van der Waals surface area (Å²) in [4.78, 5) is 23.6. The Morgan fingerprint density at radius 2 is 1.58 bits per heavy atom. The molecule has 1 N–H and O–H groups in total. The van der Waals surface area contributed by atoms with Gasteiger partial charge in [-0.05, 0) is 58.7 Å². The number of nitrogens with one attached hydrogen (secondary N) is 1. The summed E-state index contributed by atoms with van der Waals surface area (Å²) < 4.78 is 0. The average molecular weight is 326 g/mol. The lowest BCUT2D eigenvalue weighted by Crippen LogP contribution is -2.26. The lowest BCUT2D eigenvalue weighted by Gasteiger charge is -2.19. The lowest BCUT2D eigenvalue weighted by atomic mass is 10.0. The standard InChI is InChI=1S/C19H26N4O/c1-7-23(8-2)19-20-15(6)11-16(21-19)18(24)22-17-13(4)9-12(3)10-14(17)5/h9-11H,7-8H2,1-6H3,(H,22,24). The second-order valence-corrected chi connectivity index (χ2v) is 6.09. The number of carbonyl (C=O) groups is 1. The van der Waals surface area contributed by atoms with Gasteiger partial charge < -0.3 is 10.2 Å². The van der Waals surface area contributed by atoms with Gasteiger partial charge in [0.05, 0.1) is 0 Å². The maximum Gasteiger partial charge on any atom is 0.274 e. The quantitative estimate of drug-likeness (QED) is 0.908. The number of benzene rings is 1. The van der Waals surface area contributed by atoms with Gasteiger partial charge in [0.15, 0.2) is 0 Å². The van der Waals surface area contributed by atoms with Crippen molar-refractivity contribution >= 4 is 17.5 Å². The molecule has 0 fully saturated rings. The first-order chi connectivity index (χ1) is 11.3. The monoisotopic (exact) mass is 326 g/mol. The van der Waals surface area contributed by atoms with Crippen LogP contribution in [0.2, 0.25) is 0 Å². The minimum absolute atomic E-state index is 0.205. The third-order valence-electron chi connectivity index (χ3n) is 4.04. The summed E-state index contributed by atoms with van der Waals surface area (Å²) >= 11 is 0. The van der Waals surface area contributed by atoms with E-state index in [1.165, 1.54) is 5.56 Å². The molecule has 0 radical (unpaired) electrons. The van der Waals surface area contributed by atoms with Gasteiger partial charge in [-0.15, -0.1) is 0 Å². The number of aryl methyl sites for hydroxylation is 4. The van der Waals surface area contributed by atoms with E-state index in [9.17, 15) is 4.79 Å². The fourth-order valence-corrected chi connectivity index (χ4v) is 2.87. The SMILES string of the molecule is CCN(CC)c1nc(C)cc(C(=O)Nc2c(C)cc(C)cc2C)n1. The highest BCUT2D eigenvalue weighted by molar-refractivity contribution is 6.04. The number of rotatable bonds is 5. The second-order valence-electron chi connectivity index (χ2n) is 6.09. The number of amides is 1. The smallest absolute Gasteiger partial charge is 0.274 e. The largest absolute Gasteiger partial charge is 0.341 e. The molecule has 0 aliphatic rings. The van der Waals surface area contributed by atoms with Crippen molar-refractivity contribution in [2.45, 2.75) is 41.5 Å². The molecule has 0 aliphatic carbocycles. The molecule has 0 aliphatic heterocycles. The zero-order chi connectivity index (χ0) is 17.9. The highest BCUT2D eigenvalue weighted by atomic mass is 16.1. The molecule has 2 rings (SSSR count). The summed E-state index contributed by atoms with van der Waals surface area (Å²) in [5, 5.41) is 3.00. The maximum atomic E-state index is 12.7. The molecule has 0 saturated carbocycles. The first-order valence-electron chi connectivity index (χ1n) is 8.35. The van der Waals surface area contributed by atoms with Crippen molar-refractivity contribution in [2.75, 3.05) is 23.3 Å². The van der Waals surface area contributed by atoms with Crippen molar-refractivity contribution in [1.29, 1.82) is 0 Å². The van der Waals surface area contributed by atoms with Crippen molar-refractivity contribution in [3.05, 3.63) is 46.3 Å². The minimum atomic E-state index is -0.205. The number of carbonyl (C=O) groups excluding carboxylic acids is 1. The van der Waals surface area contributed by atoms with Gasteiger partial charge in [0.25, 0.3) is 5.91 Å². The van der Waals surface area contributed by atoms with Gasteiger partial charge in [-0.2, -0.15) is 0 Å². The van der Waals surface area contributed by atoms with Crippen LogP contribution in [0.25, 0.3) is 0 Å². The molecular formula is C19H26N4O.